The third-order valence-corrected chi connectivity index (χ3v) is 3.66. The number of methoxy groups -OCH3 is 1. The van der Waals surface area contributed by atoms with Gasteiger partial charge in [0.25, 0.3) is 0 Å². The van der Waals surface area contributed by atoms with Crippen molar-refractivity contribution >= 4 is 23.4 Å². The Morgan fingerprint density at radius 3 is 3.00 bits per heavy atom. The first kappa shape index (κ1) is 14.9. The number of aliphatic carboxylic acids is 1. The Hall–Kier alpha value is -1.17. The smallest absolute Gasteiger partial charge is 0.328 e. The van der Waals surface area contributed by atoms with Gasteiger partial charge in [-0.3, -0.25) is 4.90 Å². The van der Waals surface area contributed by atoms with Crippen LogP contribution in [0.4, 0.5) is 0 Å². The summed E-state index contributed by atoms with van der Waals surface area (Å²) >= 11 is 1.64. The molecule has 1 heterocycles. The quantitative estimate of drug-likeness (QED) is 0.772. The van der Waals surface area contributed by atoms with Crippen LogP contribution in [0.3, 0.4) is 0 Å². The SMILES string of the molecule is COCC(C)N(C)Cc1sccc1C=CC(=O)O. The van der Waals surface area contributed by atoms with Gasteiger partial charge >= 0.3 is 5.97 Å². The Kier molecular flexibility index (Phi) is 6.04. The van der Waals surface area contributed by atoms with E-state index >= 15 is 0 Å². The number of likely N-dealkylation sites (N-methyl/N-ethyl adjacent to an activating group) is 1. The first-order valence-corrected chi connectivity index (χ1v) is 6.59. The van der Waals surface area contributed by atoms with Crippen molar-refractivity contribution in [3.63, 3.8) is 0 Å². The predicted octanol–water partition coefficient (Wildman–Crippen LogP) is 2.31. The zero-order chi connectivity index (χ0) is 13.5. The Balaban J connectivity index is 2.67. The molecule has 0 aliphatic carbocycles. The molecule has 0 aromatic carbocycles. The lowest BCUT2D eigenvalue weighted by atomic mass is 10.2. The Bertz CT molecular complexity index is 414. The van der Waals surface area contributed by atoms with Crippen molar-refractivity contribution in [2.45, 2.75) is 19.5 Å². The molecular formula is C13H19NO3S. The highest BCUT2D eigenvalue weighted by Gasteiger charge is 2.11. The highest BCUT2D eigenvalue weighted by Crippen LogP contribution is 2.20. The Morgan fingerprint density at radius 1 is 1.67 bits per heavy atom. The summed E-state index contributed by atoms with van der Waals surface area (Å²) in [5.74, 6) is -0.923. The molecule has 0 saturated heterocycles. The van der Waals surface area contributed by atoms with E-state index in [0.29, 0.717) is 12.6 Å². The maximum atomic E-state index is 10.5. The summed E-state index contributed by atoms with van der Waals surface area (Å²) in [6, 6.07) is 2.27. The summed E-state index contributed by atoms with van der Waals surface area (Å²) < 4.78 is 5.12. The minimum atomic E-state index is -0.923. The number of hydrogen-bond acceptors (Lipinski definition) is 4. The second-order valence-corrected chi connectivity index (χ2v) is 5.19. The average molecular weight is 269 g/mol. The molecule has 0 radical (unpaired) electrons. The van der Waals surface area contributed by atoms with Crippen LogP contribution in [-0.2, 0) is 16.1 Å². The van der Waals surface area contributed by atoms with Crippen LogP contribution in [-0.4, -0.2) is 42.8 Å². The highest BCUT2D eigenvalue weighted by atomic mass is 32.1. The molecule has 5 heteroatoms. The van der Waals surface area contributed by atoms with Gasteiger partial charge in [0.2, 0.25) is 0 Å². The van der Waals surface area contributed by atoms with Gasteiger partial charge in [-0.05, 0) is 37.1 Å². The second kappa shape index (κ2) is 7.31. The van der Waals surface area contributed by atoms with Crippen molar-refractivity contribution in [2.24, 2.45) is 0 Å². The lowest BCUT2D eigenvalue weighted by Crippen LogP contribution is -2.32. The standard InChI is InChI=1S/C13H19NO3S/c1-10(9-17-3)14(2)8-12-11(6-7-18-12)4-5-13(15)16/h4-7,10H,8-9H2,1-3H3,(H,15,16). The molecule has 18 heavy (non-hydrogen) atoms. The van der Waals surface area contributed by atoms with Crippen molar-refractivity contribution in [1.82, 2.24) is 4.90 Å². The molecule has 1 unspecified atom stereocenters. The fourth-order valence-corrected chi connectivity index (χ4v) is 2.47. The van der Waals surface area contributed by atoms with Crippen LogP contribution in [0.25, 0.3) is 6.08 Å². The van der Waals surface area contributed by atoms with Gasteiger partial charge in [-0.15, -0.1) is 11.3 Å². The molecule has 1 aromatic heterocycles. The first-order valence-electron chi connectivity index (χ1n) is 5.71. The summed E-state index contributed by atoms with van der Waals surface area (Å²) in [6.45, 7) is 3.58. The van der Waals surface area contributed by atoms with E-state index in [1.54, 1.807) is 24.5 Å². The number of carbonyl (C=O) groups is 1. The number of thiophene rings is 1. The number of nitrogens with zero attached hydrogens (tertiary/aromatic N) is 1. The molecule has 0 saturated carbocycles. The number of ether oxygens (including phenoxy) is 1. The maximum Gasteiger partial charge on any atom is 0.328 e. The molecule has 1 aromatic rings. The molecule has 0 fully saturated rings. The number of hydrogen-bond donors (Lipinski definition) is 1. The molecule has 1 N–H and O–H groups in total. The van der Waals surface area contributed by atoms with E-state index in [9.17, 15) is 4.79 Å². The molecule has 1 rings (SSSR count). The minimum absolute atomic E-state index is 0.327. The molecular weight excluding hydrogens is 250 g/mol. The monoisotopic (exact) mass is 269 g/mol. The number of rotatable bonds is 7. The fraction of sp³-hybridized carbons (Fsp3) is 0.462. The van der Waals surface area contributed by atoms with Crippen molar-refractivity contribution in [3.8, 4) is 0 Å². The summed E-state index contributed by atoms with van der Waals surface area (Å²) in [4.78, 5) is 13.9. The van der Waals surface area contributed by atoms with Crippen LogP contribution in [0.1, 0.15) is 17.4 Å². The molecule has 0 bridgehead atoms. The van der Waals surface area contributed by atoms with Crippen LogP contribution in [0.2, 0.25) is 0 Å². The lowest BCUT2D eigenvalue weighted by Gasteiger charge is -2.23. The fourth-order valence-electron chi connectivity index (χ4n) is 1.54. The van der Waals surface area contributed by atoms with E-state index in [1.807, 2.05) is 18.5 Å². The zero-order valence-electron chi connectivity index (χ0n) is 10.9. The zero-order valence-corrected chi connectivity index (χ0v) is 11.7. The van der Waals surface area contributed by atoms with E-state index in [1.165, 1.54) is 6.08 Å². The van der Waals surface area contributed by atoms with Crippen LogP contribution >= 0.6 is 11.3 Å². The highest BCUT2D eigenvalue weighted by molar-refractivity contribution is 7.10. The van der Waals surface area contributed by atoms with Crippen LogP contribution in [0, 0.1) is 0 Å². The van der Waals surface area contributed by atoms with Gasteiger partial charge in [-0.1, -0.05) is 0 Å². The van der Waals surface area contributed by atoms with E-state index in [2.05, 4.69) is 11.8 Å². The molecule has 1 atom stereocenters. The second-order valence-electron chi connectivity index (χ2n) is 4.19. The molecule has 0 spiro atoms. The van der Waals surface area contributed by atoms with Crippen LogP contribution < -0.4 is 0 Å². The minimum Gasteiger partial charge on any atom is -0.478 e. The van der Waals surface area contributed by atoms with E-state index in [0.717, 1.165) is 17.0 Å². The van der Waals surface area contributed by atoms with E-state index in [-0.39, 0.29) is 0 Å². The third-order valence-electron chi connectivity index (χ3n) is 2.74. The molecule has 0 amide bonds. The molecule has 4 nitrogen and oxygen atoms in total. The average Bonchev–Trinajstić information content (AvgIpc) is 2.74. The van der Waals surface area contributed by atoms with Gasteiger partial charge in [0.15, 0.2) is 0 Å². The maximum absolute atomic E-state index is 10.5. The largest absolute Gasteiger partial charge is 0.478 e. The normalized spacial score (nSPS) is 13.3. The lowest BCUT2D eigenvalue weighted by molar-refractivity contribution is -0.131. The molecule has 0 aliphatic rings. The van der Waals surface area contributed by atoms with Crippen LogP contribution in [0.5, 0.6) is 0 Å². The predicted molar refractivity (Wildman–Crippen MR) is 73.8 cm³/mol. The summed E-state index contributed by atoms with van der Waals surface area (Å²) in [7, 11) is 3.73. The van der Waals surface area contributed by atoms with E-state index in [4.69, 9.17) is 9.84 Å². The third kappa shape index (κ3) is 4.60. The first-order chi connectivity index (χ1) is 8.54. The summed E-state index contributed by atoms with van der Waals surface area (Å²) in [6.07, 6.45) is 2.81. The number of carboxylic acids is 1. The van der Waals surface area contributed by atoms with Gasteiger partial charge < -0.3 is 9.84 Å². The van der Waals surface area contributed by atoms with Gasteiger partial charge in [-0.2, -0.15) is 0 Å². The molecule has 0 aliphatic heterocycles. The Morgan fingerprint density at radius 2 is 2.39 bits per heavy atom. The van der Waals surface area contributed by atoms with Gasteiger partial charge in [-0.25, -0.2) is 4.79 Å². The van der Waals surface area contributed by atoms with Gasteiger partial charge in [0.1, 0.15) is 0 Å². The number of carboxylic acid groups (broad SMARTS) is 1. The van der Waals surface area contributed by atoms with E-state index < -0.39 is 5.97 Å². The van der Waals surface area contributed by atoms with Gasteiger partial charge in [0.05, 0.1) is 6.61 Å². The van der Waals surface area contributed by atoms with Crippen molar-refractivity contribution in [2.75, 3.05) is 20.8 Å². The van der Waals surface area contributed by atoms with Crippen molar-refractivity contribution in [3.05, 3.63) is 28.0 Å². The van der Waals surface area contributed by atoms with Crippen molar-refractivity contribution in [1.29, 1.82) is 0 Å². The molecule has 100 valence electrons. The van der Waals surface area contributed by atoms with Gasteiger partial charge in [0, 0.05) is 30.6 Å². The summed E-state index contributed by atoms with van der Waals surface area (Å²) in [5.41, 5.74) is 0.971. The van der Waals surface area contributed by atoms with Crippen molar-refractivity contribution < 1.29 is 14.6 Å². The Labute approximate surface area is 111 Å². The topological polar surface area (TPSA) is 49.8 Å². The summed E-state index contributed by atoms with van der Waals surface area (Å²) in [5, 5.41) is 10.6. The van der Waals surface area contributed by atoms with Crippen LogP contribution in [0.15, 0.2) is 17.5 Å².